The smallest absolute Gasteiger partial charge is 0.270 e. The average Bonchev–Trinajstić information content (AvgIpc) is 2.42. The van der Waals surface area contributed by atoms with Crippen molar-refractivity contribution in [3.8, 4) is 0 Å². The molecule has 2 aromatic rings. The molecular weight excluding hydrogens is 268 g/mol. The van der Waals surface area contributed by atoms with Gasteiger partial charge >= 0.3 is 0 Å². The number of nitro groups is 1. The average molecular weight is 284 g/mol. The SMILES string of the molecule is Cc1cccc(C(=O)Nc2c(C)cc([N+](=O)[O-])cc2C)c1. The van der Waals surface area contributed by atoms with Crippen LogP contribution in [0.5, 0.6) is 0 Å². The summed E-state index contributed by atoms with van der Waals surface area (Å²) in [4.78, 5) is 22.6. The maximum Gasteiger partial charge on any atom is 0.270 e. The molecule has 108 valence electrons. The van der Waals surface area contributed by atoms with Crippen molar-refractivity contribution < 1.29 is 9.72 Å². The standard InChI is InChI=1S/C16H16N2O3/c1-10-5-4-6-13(7-10)16(19)17-15-11(2)8-14(18(20)21)9-12(15)3/h4-9H,1-3H3,(H,17,19). The van der Waals surface area contributed by atoms with E-state index in [9.17, 15) is 14.9 Å². The van der Waals surface area contributed by atoms with Gasteiger partial charge in [0, 0.05) is 23.4 Å². The lowest BCUT2D eigenvalue weighted by atomic mass is 10.1. The molecule has 2 rings (SSSR count). The first-order chi connectivity index (χ1) is 9.88. The van der Waals surface area contributed by atoms with Crippen LogP contribution in [0.4, 0.5) is 11.4 Å². The molecule has 0 aliphatic rings. The molecule has 0 saturated carbocycles. The second kappa shape index (κ2) is 5.75. The van der Waals surface area contributed by atoms with Crippen LogP contribution in [0.1, 0.15) is 27.0 Å². The van der Waals surface area contributed by atoms with Crippen molar-refractivity contribution in [3.05, 3.63) is 68.8 Å². The summed E-state index contributed by atoms with van der Waals surface area (Å²) in [5, 5.41) is 13.6. The molecule has 0 atom stereocenters. The highest BCUT2D eigenvalue weighted by molar-refractivity contribution is 6.05. The van der Waals surface area contributed by atoms with Crippen molar-refractivity contribution in [3.63, 3.8) is 0 Å². The Labute approximate surface area is 122 Å². The van der Waals surface area contributed by atoms with Crippen molar-refractivity contribution in [2.45, 2.75) is 20.8 Å². The Bertz CT molecular complexity index is 700. The van der Waals surface area contributed by atoms with E-state index in [4.69, 9.17) is 0 Å². The molecule has 0 heterocycles. The summed E-state index contributed by atoms with van der Waals surface area (Å²) in [6.45, 7) is 5.40. The zero-order chi connectivity index (χ0) is 15.6. The first-order valence-electron chi connectivity index (χ1n) is 6.52. The summed E-state index contributed by atoms with van der Waals surface area (Å²) in [6.07, 6.45) is 0. The fourth-order valence-corrected chi connectivity index (χ4v) is 2.22. The fraction of sp³-hybridized carbons (Fsp3) is 0.188. The number of benzene rings is 2. The predicted molar refractivity (Wildman–Crippen MR) is 81.7 cm³/mol. The number of non-ortho nitro benzene ring substituents is 1. The third-order valence-corrected chi connectivity index (χ3v) is 3.25. The van der Waals surface area contributed by atoms with Gasteiger partial charge in [0.05, 0.1) is 4.92 Å². The Balaban J connectivity index is 2.32. The molecule has 21 heavy (non-hydrogen) atoms. The number of carbonyl (C=O) groups excluding carboxylic acids is 1. The Hall–Kier alpha value is -2.69. The van der Waals surface area contributed by atoms with Crippen LogP contribution in [0.2, 0.25) is 0 Å². The molecule has 0 bridgehead atoms. The van der Waals surface area contributed by atoms with Crippen molar-refractivity contribution >= 4 is 17.3 Å². The van der Waals surface area contributed by atoms with Crippen LogP contribution in [-0.2, 0) is 0 Å². The maximum atomic E-state index is 12.2. The van der Waals surface area contributed by atoms with Crippen LogP contribution in [0.3, 0.4) is 0 Å². The molecule has 5 nitrogen and oxygen atoms in total. The Morgan fingerprint density at radius 3 is 2.24 bits per heavy atom. The zero-order valence-corrected chi connectivity index (χ0v) is 12.1. The third-order valence-electron chi connectivity index (χ3n) is 3.25. The van der Waals surface area contributed by atoms with Gasteiger partial charge in [0.2, 0.25) is 0 Å². The molecule has 0 radical (unpaired) electrons. The van der Waals surface area contributed by atoms with Crippen LogP contribution in [-0.4, -0.2) is 10.8 Å². The minimum Gasteiger partial charge on any atom is -0.321 e. The number of carbonyl (C=O) groups is 1. The Kier molecular flexibility index (Phi) is 4.03. The van der Waals surface area contributed by atoms with E-state index in [1.807, 2.05) is 19.1 Å². The van der Waals surface area contributed by atoms with E-state index in [1.54, 1.807) is 26.0 Å². The van der Waals surface area contributed by atoms with Crippen LogP contribution in [0.15, 0.2) is 36.4 Å². The van der Waals surface area contributed by atoms with Crippen LogP contribution in [0.25, 0.3) is 0 Å². The Morgan fingerprint density at radius 2 is 1.71 bits per heavy atom. The summed E-state index contributed by atoms with van der Waals surface area (Å²) in [5.74, 6) is -0.223. The van der Waals surface area contributed by atoms with E-state index in [0.29, 0.717) is 22.4 Å². The highest BCUT2D eigenvalue weighted by Crippen LogP contribution is 2.26. The molecular formula is C16H16N2O3. The number of hydrogen-bond donors (Lipinski definition) is 1. The van der Waals surface area contributed by atoms with Crippen LogP contribution in [0, 0.1) is 30.9 Å². The summed E-state index contributed by atoms with van der Waals surface area (Å²) in [6, 6.07) is 10.2. The number of nitro benzene ring substituents is 1. The number of anilines is 1. The molecule has 1 N–H and O–H groups in total. The van der Waals surface area contributed by atoms with Gasteiger partial charge in [0.1, 0.15) is 0 Å². The number of amides is 1. The first-order valence-corrected chi connectivity index (χ1v) is 6.52. The number of nitrogens with one attached hydrogen (secondary N) is 1. The quantitative estimate of drug-likeness (QED) is 0.688. The van der Waals surface area contributed by atoms with Gasteiger partial charge in [-0.2, -0.15) is 0 Å². The Morgan fingerprint density at radius 1 is 1.10 bits per heavy atom. The molecule has 0 aromatic heterocycles. The monoisotopic (exact) mass is 284 g/mol. The van der Waals surface area contributed by atoms with Crippen LogP contribution >= 0.6 is 0 Å². The second-order valence-corrected chi connectivity index (χ2v) is 5.04. The second-order valence-electron chi connectivity index (χ2n) is 5.04. The first kappa shape index (κ1) is 14.7. The number of aryl methyl sites for hydroxylation is 3. The van der Waals surface area contributed by atoms with Gasteiger partial charge in [-0.1, -0.05) is 17.7 Å². The highest BCUT2D eigenvalue weighted by Gasteiger charge is 2.14. The molecule has 0 saturated heterocycles. The molecule has 5 heteroatoms. The maximum absolute atomic E-state index is 12.2. The van der Waals surface area contributed by atoms with E-state index >= 15 is 0 Å². The molecule has 0 aliphatic heterocycles. The summed E-state index contributed by atoms with van der Waals surface area (Å²) in [5.41, 5.74) is 3.54. The summed E-state index contributed by atoms with van der Waals surface area (Å²) < 4.78 is 0. The molecule has 0 aliphatic carbocycles. The lowest BCUT2D eigenvalue weighted by Gasteiger charge is -2.12. The topological polar surface area (TPSA) is 72.2 Å². The molecule has 1 amide bonds. The van der Waals surface area contributed by atoms with Gasteiger partial charge in [0.25, 0.3) is 11.6 Å². The lowest BCUT2D eigenvalue weighted by Crippen LogP contribution is -2.14. The minimum atomic E-state index is -0.438. The van der Waals surface area contributed by atoms with Crippen molar-refractivity contribution in [1.82, 2.24) is 0 Å². The summed E-state index contributed by atoms with van der Waals surface area (Å²) in [7, 11) is 0. The number of rotatable bonds is 3. The van der Waals surface area contributed by atoms with E-state index < -0.39 is 4.92 Å². The van der Waals surface area contributed by atoms with Crippen molar-refractivity contribution in [2.75, 3.05) is 5.32 Å². The molecule has 2 aromatic carbocycles. The highest BCUT2D eigenvalue weighted by atomic mass is 16.6. The van der Waals surface area contributed by atoms with E-state index in [1.165, 1.54) is 12.1 Å². The number of hydrogen-bond acceptors (Lipinski definition) is 3. The predicted octanol–water partition coefficient (Wildman–Crippen LogP) is 3.77. The van der Waals surface area contributed by atoms with Gasteiger partial charge in [-0.25, -0.2) is 0 Å². The largest absolute Gasteiger partial charge is 0.321 e. The lowest BCUT2D eigenvalue weighted by molar-refractivity contribution is -0.384. The third kappa shape index (κ3) is 3.25. The van der Waals surface area contributed by atoms with E-state index in [2.05, 4.69) is 5.32 Å². The molecule has 0 fully saturated rings. The van der Waals surface area contributed by atoms with Crippen molar-refractivity contribution in [2.24, 2.45) is 0 Å². The normalized spacial score (nSPS) is 10.2. The van der Waals surface area contributed by atoms with Crippen molar-refractivity contribution in [1.29, 1.82) is 0 Å². The molecule has 0 unspecified atom stereocenters. The van der Waals surface area contributed by atoms with E-state index in [0.717, 1.165) is 5.56 Å². The fourth-order valence-electron chi connectivity index (χ4n) is 2.22. The van der Waals surface area contributed by atoms with Crippen LogP contribution < -0.4 is 5.32 Å². The van der Waals surface area contributed by atoms with E-state index in [-0.39, 0.29) is 11.6 Å². The van der Waals surface area contributed by atoms with Gasteiger partial charge in [-0.3, -0.25) is 14.9 Å². The number of nitrogens with zero attached hydrogens (tertiary/aromatic N) is 1. The van der Waals surface area contributed by atoms with Gasteiger partial charge < -0.3 is 5.32 Å². The zero-order valence-electron chi connectivity index (χ0n) is 12.1. The van der Waals surface area contributed by atoms with Gasteiger partial charge in [-0.15, -0.1) is 0 Å². The summed E-state index contributed by atoms with van der Waals surface area (Å²) >= 11 is 0. The minimum absolute atomic E-state index is 0.0264. The molecule has 0 spiro atoms. The van der Waals surface area contributed by atoms with Gasteiger partial charge in [0.15, 0.2) is 0 Å². The van der Waals surface area contributed by atoms with Gasteiger partial charge in [-0.05, 0) is 44.0 Å².